The summed E-state index contributed by atoms with van der Waals surface area (Å²) in [6.45, 7) is 6.45. The zero-order chi connectivity index (χ0) is 27.5. The third-order valence-electron chi connectivity index (χ3n) is 5.60. The molecule has 0 aliphatic heterocycles. The second kappa shape index (κ2) is 13.6. The molecule has 3 aromatic rings. The second-order valence-corrected chi connectivity index (χ2v) is 8.44. The molecular formula is C29H29NO8. The van der Waals surface area contributed by atoms with Crippen LogP contribution in [0.4, 0.5) is 5.69 Å². The summed E-state index contributed by atoms with van der Waals surface area (Å²) in [5.74, 6) is -0.743. The van der Waals surface area contributed by atoms with Crippen molar-refractivity contribution in [1.29, 1.82) is 0 Å². The summed E-state index contributed by atoms with van der Waals surface area (Å²) in [6.07, 6.45) is 2.77. The Morgan fingerprint density at radius 1 is 0.895 bits per heavy atom. The molecule has 0 amide bonds. The molecule has 0 saturated carbocycles. The van der Waals surface area contributed by atoms with Gasteiger partial charge in [0, 0.05) is 11.6 Å². The molecule has 9 nitrogen and oxygen atoms in total. The molecule has 0 aliphatic rings. The number of carboxylic acid groups (broad SMARTS) is 1. The van der Waals surface area contributed by atoms with E-state index in [-0.39, 0.29) is 29.2 Å². The Bertz CT molecular complexity index is 1280. The molecule has 0 saturated heterocycles. The Kier molecular flexibility index (Phi) is 9.99. The monoisotopic (exact) mass is 519 g/mol. The fraction of sp³-hybridized carbons (Fsp3) is 0.241. The highest BCUT2D eigenvalue weighted by Gasteiger charge is 2.20. The number of rotatable bonds is 14. The first-order chi connectivity index (χ1) is 18.3. The van der Waals surface area contributed by atoms with Gasteiger partial charge in [-0.2, -0.15) is 0 Å². The summed E-state index contributed by atoms with van der Waals surface area (Å²) in [6, 6.07) is 17.8. The van der Waals surface area contributed by atoms with Crippen molar-refractivity contribution >= 4 is 17.6 Å². The first kappa shape index (κ1) is 27.9. The number of nitrogens with zero attached hydrogens (tertiary/aromatic N) is 1. The summed E-state index contributed by atoms with van der Waals surface area (Å²) in [5, 5.41) is 20.5. The van der Waals surface area contributed by atoms with Gasteiger partial charge in [-0.05, 0) is 72.9 Å². The number of carbonyl (C=O) groups is 2. The van der Waals surface area contributed by atoms with E-state index in [1.54, 1.807) is 18.2 Å². The molecule has 0 radical (unpaired) electrons. The van der Waals surface area contributed by atoms with Gasteiger partial charge in [-0.1, -0.05) is 38.1 Å². The van der Waals surface area contributed by atoms with Crippen molar-refractivity contribution in [3.8, 4) is 28.4 Å². The van der Waals surface area contributed by atoms with Crippen LogP contribution in [0.1, 0.15) is 43.0 Å². The number of hydrogen-bond donors (Lipinski definition) is 1. The van der Waals surface area contributed by atoms with E-state index in [0.29, 0.717) is 30.8 Å². The summed E-state index contributed by atoms with van der Waals surface area (Å²) in [4.78, 5) is 34.5. The van der Waals surface area contributed by atoms with E-state index >= 15 is 0 Å². The Balaban J connectivity index is 1.63. The van der Waals surface area contributed by atoms with Crippen molar-refractivity contribution in [2.45, 2.75) is 32.6 Å². The molecule has 0 aliphatic carbocycles. The van der Waals surface area contributed by atoms with Gasteiger partial charge in [0.05, 0.1) is 23.7 Å². The Morgan fingerprint density at radius 3 is 2.05 bits per heavy atom. The lowest BCUT2D eigenvalue weighted by molar-refractivity contribution is -0.385. The van der Waals surface area contributed by atoms with Crippen LogP contribution in [0.3, 0.4) is 0 Å². The molecule has 198 valence electrons. The first-order valence-corrected chi connectivity index (χ1v) is 12.2. The predicted molar refractivity (Wildman–Crippen MR) is 142 cm³/mol. The molecule has 0 aromatic heterocycles. The zero-order valence-corrected chi connectivity index (χ0v) is 21.1. The quantitative estimate of drug-likeness (QED) is 0.0642. The number of nitro benzene ring substituents is 1. The molecule has 0 heterocycles. The standard InChI is InChI=1S/C29H29NO8/c1-3-4-17-36-24-12-7-21(8-13-24)23-11-16-27(26(19-23)30(34)35)38-29(33)22-9-14-25(15-10-22)37-18-5-6-20(2)28(31)32/h7-16,19H,2-6,17-18H2,1H3,(H,31,32). The van der Waals surface area contributed by atoms with E-state index in [1.807, 2.05) is 24.3 Å². The molecular weight excluding hydrogens is 490 g/mol. The highest BCUT2D eigenvalue weighted by atomic mass is 16.6. The first-order valence-electron chi connectivity index (χ1n) is 12.2. The molecule has 1 N–H and O–H groups in total. The number of ether oxygens (including phenoxy) is 3. The lowest BCUT2D eigenvalue weighted by atomic mass is 10.0. The van der Waals surface area contributed by atoms with E-state index in [9.17, 15) is 19.7 Å². The van der Waals surface area contributed by atoms with Gasteiger partial charge in [-0.25, -0.2) is 9.59 Å². The lowest BCUT2D eigenvalue weighted by Gasteiger charge is -2.10. The maximum atomic E-state index is 12.6. The molecule has 38 heavy (non-hydrogen) atoms. The van der Waals surface area contributed by atoms with Gasteiger partial charge < -0.3 is 19.3 Å². The van der Waals surface area contributed by atoms with Gasteiger partial charge in [0.2, 0.25) is 5.75 Å². The minimum absolute atomic E-state index is 0.110. The number of benzene rings is 3. The van der Waals surface area contributed by atoms with Crippen LogP contribution in [0, 0.1) is 10.1 Å². The number of hydrogen-bond acceptors (Lipinski definition) is 7. The van der Waals surface area contributed by atoms with Crippen molar-refractivity contribution in [2.24, 2.45) is 0 Å². The lowest BCUT2D eigenvalue weighted by Crippen LogP contribution is -2.10. The van der Waals surface area contributed by atoms with Crippen LogP contribution in [0.5, 0.6) is 17.2 Å². The average molecular weight is 520 g/mol. The SMILES string of the molecule is C=C(CCCOc1ccc(C(=O)Oc2ccc(-c3ccc(OCCCC)cc3)cc2[N+](=O)[O-])cc1)C(=O)O. The zero-order valence-electron chi connectivity index (χ0n) is 21.1. The van der Waals surface area contributed by atoms with Gasteiger partial charge in [-0.15, -0.1) is 0 Å². The highest BCUT2D eigenvalue weighted by Crippen LogP contribution is 2.33. The Hall–Kier alpha value is -4.66. The molecule has 0 fully saturated rings. The predicted octanol–water partition coefficient (Wildman–Crippen LogP) is 6.46. The Labute approximate surface area is 220 Å². The van der Waals surface area contributed by atoms with Crippen molar-refractivity contribution < 1.29 is 33.8 Å². The van der Waals surface area contributed by atoms with Crippen LogP contribution in [-0.2, 0) is 4.79 Å². The largest absolute Gasteiger partial charge is 0.494 e. The molecule has 9 heteroatoms. The summed E-state index contributed by atoms with van der Waals surface area (Å²) in [7, 11) is 0. The van der Waals surface area contributed by atoms with E-state index in [0.717, 1.165) is 24.2 Å². The van der Waals surface area contributed by atoms with E-state index in [4.69, 9.17) is 19.3 Å². The minimum atomic E-state index is -1.04. The maximum Gasteiger partial charge on any atom is 0.343 e. The van der Waals surface area contributed by atoms with Gasteiger partial charge >= 0.3 is 17.6 Å². The van der Waals surface area contributed by atoms with E-state index in [1.165, 1.54) is 24.3 Å². The van der Waals surface area contributed by atoms with Crippen molar-refractivity contribution in [2.75, 3.05) is 13.2 Å². The number of carbonyl (C=O) groups excluding carboxylic acids is 1. The Morgan fingerprint density at radius 2 is 1.47 bits per heavy atom. The van der Waals surface area contributed by atoms with E-state index < -0.39 is 16.9 Å². The van der Waals surface area contributed by atoms with Crippen LogP contribution < -0.4 is 14.2 Å². The van der Waals surface area contributed by atoms with Gasteiger partial charge in [-0.3, -0.25) is 10.1 Å². The van der Waals surface area contributed by atoms with Crippen molar-refractivity contribution in [3.63, 3.8) is 0 Å². The van der Waals surface area contributed by atoms with Crippen LogP contribution >= 0.6 is 0 Å². The smallest absolute Gasteiger partial charge is 0.343 e. The molecule has 0 atom stereocenters. The summed E-state index contributed by atoms with van der Waals surface area (Å²) in [5.41, 5.74) is 1.33. The minimum Gasteiger partial charge on any atom is -0.494 e. The maximum absolute atomic E-state index is 12.6. The number of nitro groups is 1. The topological polar surface area (TPSA) is 125 Å². The third-order valence-corrected chi connectivity index (χ3v) is 5.60. The number of carboxylic acids is 1. The van der Waals surface area contributed by atoms with Gasteiger partial charge in [0.1, 0.15) is 11.5 Å². The van der Waals surface area contributed by atoms with Gasteiger partial charge in [0.25, 0.3) is 0 Å². The van der Waals surface area contributed by atoms with E-state index in [2.05, 4.69) is 13.5 Å². The molecule has 0 bridgehead atoms. The van der Waals surface area contributed by atoms with Crippen LogP contribution in [0.25, 0.3) is 11.1 Å². The molecule has 3 rings (SSSR count). The van der Waals surface area contributed by atoms with Crippen LogP contribution in [-0.4, -0.2) is 35.2 Å². The van der Waals surface area contributed by atoms with Gasteiger partial charge in [0.15, 0.2) is 0 Å². The van der Waals surface area contributed by atoms with Crippen molar-refractivity contribution in [1.82, 2.24) is 0 Å². The normalized spacial score (nSPS) is 10.4. The number of unbranched alkanes of at least 4 members (excludes halogenated alkanes) is 1. The fourth-order valence-corrected chi connectivity index (χ4v) is 3.43. The molecule has 3 aromatic carbocycles. The molecule has 0 unspecified atom stereocenters. The van der Waals surface area contributed by atoms with Crippen molar-refractivity contribution in [3.05, 3.63) is 94.6 Å². The third kappa shape index (κ3) is 7.92. The molecule has 0 spiro atoms. The number of aliphatic carboxylic acids is 1. The number of esters is 1. The highest BCUT2D eigenvalue weighted by molar-refractivity contribution is 5.92. The second-order valence-electron chi connectivity index (χ2n) is 8.44. The summed E-state index contributed by atoms with van der Waals surface area (Å²) >= 11 is 0. The van der Waals surface area contributed by atoms with Crippen LogP contribution in [0.15, 0.2) is 78.9 Å². The fourth-order valence-electron chi connectivity index (χ4n) is 3.43. The summed E-state index contributed by atoms with van der Waals surface area (Å²) < 4.78 is 16.5. The average Bonchev–Trinajstić information content (AvgIpc) is 2.92. The van der Waals surface area contributed by atoms with Crippen LogP contribution in [0.2, 0.25) is 0 Å².